The number of rotatable bonds is 6. The molecule has 0 amide bonds. The number of sulfonamides is 1. The molecule has 2 unspecified atom stereocenters. The molecule has 1 aromatic heterocycles. The molecule has 3 N–H and O–H groups in total. The Labute approximate surface area is 118 Å². The topological polar surface area (TPSA) is 81.4 Å². The van der Waals surface area contributed by atoms with E-state index in [1.807, 2.05) is 0 Å². The molecular formula is C12H20N2O3S2. The zero-order valence-electron chi connectivity index (χ0n) is 11.0. The van der Waals surface area contributed by atoms with Crippen molar-refractivity contribution in [2.24, 2.45) is 11.7 Å². The second-order valence-electron chi connectivity index (χ2n) is 4.67. The van der Waals surface area contributed by atoms with Gasteiger partial charge in [-0.1, -0.05) is 6.92 Å². The predicted molar refractivity (Wildman–Crippen MR) is 75.5 cm³/mol. The Morgan fingerprint density at radius 3 is 3.00 bits per heavy atom. The van der Waals surface area contributed by atoms with Crippen LogP contribution in [0.25, 0.3) is 0 Å². The van der Waals surface area contributed by atoms with E-state index in [0.717, 1.165) is 24.3 Å². The van der Waals surface area contributed by atoms with Gasteiger partial charge in [0, 0.05) is 35.9 Å². The van der Waals surface area contributed by atoms with Crippen molar-refractivity contribution in [1.82, 2.24) is 4.72 Å². The highest BCUT2D eigenvalue weighted by molar-refractivity contribution is 7.89. The summed E-state index contributed by atoms with van der Waals surface area (Å²) in [6, 6.07) is 1.63. The molecule has 7 heteroatoms. The molecule has 0 saturated carbocycles. The van der Waals surface area contributed by atoms with Gasteiger partial charge in [0.05, 0.1) is 11.0 Å². The molecule has 1 aromatic rings. The molecule has 1 saturated heterocycles. The average Bonchev–Trinajstić information content (AvgIpc) is 3.05. The lowest BCUT2D eigenvalue weighted by atomic mass is 10.0. The Kier molecular flexibility index (Phi) is 4.97. The van der Waals surface area contributed by atoms with Crippen LogP contribution < -0.4 is 10.5 Å². The van der Waals surface area contributed by atoms with Crippen LogP contribution in [0.3, 0.4) is 0 Å². The molecule has 1 fully saturated rings. The van der Waals surface area contributed by atoms with Crippen LogP contribution in [-0.4, -0.2) is 27.7 Å². The van der Waals surface area contributed by atoms with Crippen LogP contribution in [0.2, 0.25) is 0 Å². The second kappa shape index (κ2) is 6.32. The van der Waals surface area contributed by atoms with Gasteiger partial charge < -0.3 is 10.5 Å². The van der Waals surface area contributed by atoms with Crippen LogP contribution in [0.5, 0.6) is 0 Å². The molecule has 0 spiro atoms. The van der Waals surface area contributed by atoms with E-state index >= 15 is 0 Å². The normalized spacial score (nSPS) is 23.9. The van der Waals surface area contributed by atoms with Crippen molar-refractivity contribution < 1.29 is 13.2 Å². The summed E-state index contributed by atoms with van der Waals surface area (Å²) in [5, 5.41) is 1.63. The van der Waals surface area contributed by atoms with Gasteiger partial charge in [0.15, 0.2) is 0 Å². The summed E-state index contributed by atoms with van der Waals surface area (Å²) in [5.74, 6) is 0.271. The number of ether oxygens (including phenoxy) is 1. The lowest BCUT2D eigenvalue weighted by Gasteiger charge is -2.16. The lowest BCUT2D eigenvalue weighted by Crippen LogP contribution is -2.32. The van der Waals surface area contributed by atoms with Crippen LogP contribution in [0.15, 0.2) is 16.3 Å². The van der Waals surface area contributed by atoms with E-state index < -0.39 is 10.0 Å². The molecule has 2 atom stereocenters. The van der Waals surface area contributed by atoms with E-state index in [0.29, 0.717) is 18.0 Å². The van der Waals surface area contributed by atoms with E-state index in [4.69, 9.17) is 10.5 Å². The fourth-order valence-electron chi connectivity index (χ4n) is 2.29. The molecule has 19 heavy (non-hydrogen) atoms. The van der Waals surface area contributed by atoms with Crippen molar-refractivity contribution in [3.05, 3.63) is 16.3 Å². The SMILES string of the molecule is CCC1OCCC1CNS(=O)(=O)c1csc(CN)c1. The summed E-state index contributed by atoms with van der Waals surface area (Å²) in [7, 11) is -3.42. The van der Waals surface area contributed by atoms with Crippen LogP contribution in [0, 0.1) is 5.92 Å². The van der Waals surface area contributed by atoms with Crippen LogP contribution in [0.4, 0.5) is 0 Å². The molecule has 0 aromatic carbocycles. The Bertz CT molecular complexity index is 513. The van der Waals surface area contributed by atoms with Crippen molar-refractivity contribution in [2.75, 3.05) is 13.2 Å². The maximum atomic E-state index is 12.1. The smallest absolute Gasteiger partial charge is 0.241 e. The van der Waals surface area contributed by atoms with Crippen LogP contribution in [-0.2, 0) is 21.3 Å². The molecular weight excluding hydrogens is 284 g/mol. The quantitative estimate of drug-likeness (QED) is 0.830. The maximum Gasteiger partial charge on any atom is 0.241 e. The molecule has 0 aliphatic carbocycles. The molecule has 2 heterocycles. The highest BCUT2D eigenvalue weighted by Crippen LogP contribution is 2.24. The predicted octanol–water partition coefficient (Wildman–Crippen LogP) is 1.30. The van der Waals surface area contributed by atoms with E-state index in [1.165, 1.54) is 11.3 Å². The summed E-state index contributed by atoms with van der Waals surface area (Å²) in [6.07, 6.45) is 2.01. The lowest BCUT2D eigenvalue weighted by molar-refractivity contribution is 0.0884. The van der Waals surface area contributed by atoms with Crippen molar-refractivity contribution in [2.45, 2.75) is 37.3 Å². The highest BCUT2D eigenvalue weighted by atomic mass is 32.2. The average molecular weight is 304 g/mol. The van der Waals surface area contributed by atoms with Crippen molar-refractivity contribution >= 4 is 21.4 Å². The zero-order chi connectivity index (χ0) is 13.9. The fraction of sp³-hybridized carbons (Fsp3) is 0.667. The van der Waals surface area contributed by atoms with Gasteiger partial charge in [-0.3, -0.25) is 0 Å². The van der Waals surface area contributed by atoms with Gasteiger partial charge in [0.2, 0.25) is 10.0 Å². The van der Waals surface area contributed by atoms with E-state index in [9.17, 15) is 8.42 Å². The second-order valence-corrected chi connectivity index (χ2v) is 7.43. The first kappa shape index (κ1) is 14.9. The van der Waals surface area contributed by atoms with E-state index in [-0.39, 0.29) is 12.0 Å². The monoisotopic (exact) mass is 304 g/mol. The Balaban J connectivity index is 1.97. The van der Waals surface area contributed by atoms with E-state index in [1.54, 1.807) is 11.4 Å². The Morgan fingerprint density at radius 1 is 1.58 bits per heavy atom. The van der Waals surface area contributed by atoms with Gasteiger partial charge >= 0.3 is 0 Å². The number of nitrogens with one attached hydrogen (secondary N) is 1. The van der Waals surface area contributed by atoms with Gasteiger partial charge in [-0.2, -0.15) is 0 Å². The van der Waals surface area contributed by atoms with E-state index in [2.05, 4.69) is 11.6 Å². The third kappa shape index (κ3) is 3.55. The first-order valence-electron chi connectivity index (χ1n) is 6.45. The van der Waals surface area contributed by atoms with Gasteiger partial charge in [0.25, 0.3) is 0 Å². The first-order valence-corrected chi connectivity index (χ1v) is 8.82. The highest BCUT2D eigenvalue weighted by Gasteiger charge is 2.28. The van der Waals surface area contributed by atoms with Crippen molar-refractivity contribution in [3.8, 4) is 0 Å². The first-order chi connectivity index (χ1) is 9.06. The summed E-state index contributed by atoms with van der Waals surface area (Å²) < 4.78 is 32.5. The number of hydrogen-bond acceptors (Lipinski definition) is 5. The standard InChI is InChI=1S/C12H20N2O3S2/c1-2-12-9(3-4-17-12)7-14-19(15,16)11-5-10(6-13)18-8-11/h5,8-9,12,14H,2-4,6-7,13H2,1H3. The molecule has 0 bridgehead atoms. The van der Waals surface area contributed by atoms with Gasteiger partial charge in [-0.15, -0.1) is 11.3 Å². The minimum absolute atomic E-state index is 0.171. The minimum Gasteiger partial charge on any atom is -0.378 e. The summed E-state index contributed by atoms with van der Waals surface area (Å²) in [5.41, 5.74) is 5.49. The third-order valence-corrected chi connectivity index (χ3v) is 5.94. The third-order valence-electron chi connectivity index (χ3n) is 3.43. The van der Waals surface area contributed by atoms with Crippen LogP contribution >= 0.6 is 11.3 Å². The molecule has 108 valence electrons. The number of hydrogen-bond donors (Lipinski definition) is 2. The van der Waals surface area contributed by atoms with Gasteiger partial charge in [0.1, 0.15) is 0 Å². The summed E-state index contributed by atoms with van der Waals surface area (Å²) >= 11 is 1.37. The number of nitrogens with two attached hydrogens (primary N) is 1. The van der Waals surface area contributed by atoms with Gasteiger partial charge in [-0.25, -0.2) is 13.1 Å². The van der Waals surface area contributed by atoms with Gasteiger partial charge in [-0.05, 0) is 18.9 Å². The summed E-state index contributed by atoms with van der Waals surface area (Å²) in [4.78, 5) is 1.18. The largest absolute Gasteiger partial charge is 0.378 e. The zero-order valence-corrected chi connectivity index (χ0v) is 12.6. The Morgan fingerprint density at radius 2 is 2.37 bits per heavy atom. The van der Waals surface area contributed by atoms with Crippen molar-refractivity contribution in [1.29, 1.82) is 0 Å². The minimum atomic E-state index is -3.42. The summed E-state index contributed by atoms with van der Waals surface area (Å²) in [6.45, 7) is 3.59. The molecule has 2 rings (SSSR count). The molecule has 0 radical (unpaired) electrons. The molecule has 1 aliphatic rings. The molecule has 1 aliphatic heterocycles. The van der Waals surface area contributed by atoms with Crippen LogP contribution in [0.1, 0.15) is 24.6 Å². The molecule has 5 nitrogen and oxygen atoms in total. The fourth-order valence-corrected chi connectivity index (χ4v) is 4.54. The Hall–Kier alpha value is -0.470. The van der Waals surface area contributed by atoms with Crippen molar-refractivity contribution in [3.63, 3.8) is 0 Å². The maximum absolute atomic E-state index is 12.1. The number of thiophene rings is 1.